The summed E-state index contributed by atoms with van der Waals surface area (Å²) in [6, 6.07) is 0. The number of rotatable bonds is 1. The molecule has 0 aromatic heterocycles. The Morgan fingerprint density at radius 2 is 2.27 bits per heavy atom. The molecule has 0 radical (unpaired) electrons. The van der Waals surface area contributed by atoms with Gasteiger partial charge in [0.15, 0.2) is 0 Å². The van der Waals surface area contributed by atoms with Gasteiger partial charge in [-0.25, -0.2) is 0 Å². The first-order chi connectivity index (χ1) is 4.84. The topological polar surface area (TPSA) is 32.7 Å². The van der Waals surface area contributed by atoms with Gasteiger partial charge in [0.05, 0.1) is 11.9 Å². The highest BCUT2D eigenvalue weighted by Gasteiger charge is 1.98. The average molecular weight is 173 g/mol. The Labute approximate surface area is 71.5 Å². The van der Waals surface area contributed by atoms with Crippen LogP contribution in [0, 0.1) is 4.91 Å². The molecule has 1 aliphatic rings. The van der Waals surface area contributed by atoms with Crippen molar-refractivity contribution < 1.29 is 0 Å². The van der Waals surface area contributed by atoms with Crippen LogP contribution in [0.2, 0.25) is 0 Å². The largest absolute Gasteiger partial charge is 0.350 e. The van der Waals surface area contributed by atoms with E-state index in [0.29, 0.717) is 0 Å². The van der Waals surface area contributed by atoms with Crippen LogP contribution in [-0.4, -0.2) is 11.9 Å². The fourth-order valence-corrected chi connectivity index (χ4v) is 0.725. The van der Waals surface area contributed by atoms with Crippen molar-refractivity contribution in [3.63, 3.8) is 0 Å². The number of halogens is 1. The summed E-state index contributed by atoms with van der Waals surface area (Å²) in [6.45, 7) is 0. The van der Waals surface area contributed by atoms with Crippen molar-refractivity contribution in [2.45, 2.75) is 0 Å². The number of hydrogen-bond donors (Lipinski definition) is 0. The van der Waals surface area contributed by atoms with Crippen molar-refractivity contribution >= 4 is 12.4 Å². The zero-order valence-corrected chi connectivity index (χ0v) is 6.91. The molecule has 0 bridgehead atoms. The fraction of sp³-hybridized carbons (Fsp3) is 0.143. The second-order valence-corrected chi connectivity index (χ2v) is 1.97. The minimum atomic E-state index is 0. The zero-order valence-electron chi connectivity index (χ0n) is 6.10. The lowest BCUT2D eigenvalue weighted by molar-refractivity contribution is 0.582. The average Bonchev–Trinajstić information content (AvgIpc) is 1.94. The Hall–Kier alpha value is -1.09. The third-order valence-electron chi connectivity index (χ3n) is 1.28. The van der Waals surface area contributed by atoms with Crippen LogP contribution in [0.25, 0.3) is 0 Å². The van der Waals surface area contributed by atoms with E-state index < -0.39 is 0 Å². The first-order valence-corrected chi connectivity index (χ1v) is 2.95. The molecule has 0 aromatic rings. The zero-order chi connectivity index (χ0) is 7.40. The van der Waals surface area contributed by atoms with Crippen LogP contribution in [0.4, 0.5) is 0 Å². The summed E-state index contributed by atoms with van der Waals surface area (Å²) in [5, 5.41) is 2.67. The van der Waals surface area contributed by atoms with Gasteiger partial charge in [0.25, 0.3) is 0 Å². The highest BCUT2D eigenvalue weighted by atomic mass is 35.5. The van der Waals surface area contributed by atoms with Crippen molar-refractivity contribution in [3.05, 3.63) is 41.2 Å². The summed E-state index contributed by atoms with van der Waals surface area (Å²) in [6.07, 6.45) is 8.71. The highest BCUT2D eigenvalue weighted by molar-refractivity contribution is 5.85. The van der Waals surface area contributed by atoms with Gasteiger partial charge in [-0.1, -0.05) is 6.08 Å². The van der Waals surface area contributed by atoms with Gasteiger partial charge in [-0.15, -0.1) is 17.3 Å². The number of likely N-dealkylation sites (N-methyl/N-ethyl adjacent to an activating group) is 1. The lowest BCUT2D eigenvalue weighted by atomic mass is 10.3. The molecule has 0 fully saturated rings. The smallest absolute Gasteiger partial charge is 0.0951 e. The van der Waals surface area contributed by atoms with Crippen LogP contribution >= 0.6 is 12.4 Å². The predicted molar refractivity (Wildman–Crippen MR) is 47.2 cm³/mol. The van der Waals surface area contributed by atoms with Gasteiger partial charge in [0.2, 0.25) is 0 Å². The van der Waals surface area contributed by atoms with Crippen molar-refractivity contribution in [2.24, 2.45) is 5.18 Å². The minimum Gasteiger partial charge on any atom is -0.350 e. The number of allylic oxidation sites excluding steroid dienone is 3. The maximum absolute atomic E-state index is 9.81. The molecule has 11 heavy (non-hydrogen) atoms. The van der Waals surface area contributed by atoms with Crippen molar-refractivity contribution in [2.75, 3.05) is 7.05 Å². The first kappa shape index (κ1) is 9.91. The van der Waals surface area contributed by atoms with Crippen LogP contribution in [0.15, 0.2) is 41.5 Å². The van der Waals surface area contributed by atoms with Crippen molar-refractivity contribution in [3.8, 4) is 0 Å². The monoisotopic (exact) mass is 172 g/mol. The minimum absolute atomic E-state index is 0. The van der Waals surface area contributed by atoms with Gasteiger partial charge in [-0.2, -0.15) is 0 Å². The summed E-state index contributed by atoms with van der Waals surface area (Å²) in [5.74, 6) is 0. The molecule has 60 valence electrons. The van der Waals surface area contributed by atoms with Gasteiger partial charge >= 0.3 is 0 Å². The molecule has 1 heterocycles. The molecule has 0 spiro atoms. The van der Waals surface area contributed by atoms with E-state index in [9.17, 15) is 4.91 Å². The van der Waals surface area contributed by atoms with E-state index >= 15 is 0 Å². The Morgan fingerprint density at radius 1 is 1.55 bits per heavy atom. The Bertz CT molecular complexity index is 220. The van der Waals surface area contributed by atoms with Crippen molar-refractivity contribution in [1.82, 2.24) is 4.90 Å². The third kappa shape index (κ3) is 2.55. The molecule has 0 amide bonds. The Balaban J connectivity index is 0.000001000. The van der Waals surface area contributed by atoms with Gasteiger partial charge < -0.3 is 4.90 Å². The summed E-state index contributed by atoms with van der Waals surface area (Å²) < 4.78 is 0. The molecule has 0 saturated heterocycles. The predicted octanol–water partition coefficient (Wildman–Crippen LogP) is 2.03. The van der Waals surface area contributed by atoms with E-state index in [2.05, 4.69) is 5.18 Å². The molecule has 0 N–H and O–H groups in total. The second-order valence-electron chi connectivity index (χ2n) is 1.97. The van der Waals surface area contributed by atoms with E-state index in [1.54, 1.807) is 0 Å². The van der Waals surface area contributed by atoms with Crippen LogP contribution in [0.1, 0.15) is 0 Å². The molecule has 1 rings (SSSR count). The number of nitroso groups, excluding NO2 is 1. The molecule has 0 saturated carbocycles. The highest BCUT2D eigenvalue weighted by Crippen LogP contribution is 2.08. The van der Waals surface area contributed by atoms with Crippen LogP contribution in [0.5, 0.6) is 0 Å². The second kappa shape index (κ2) is 4.68. The lowest BCUT2D eigenvalue weighted by Gasteiger charge is -2.15. The molecule has 0 atom stereocenters. The van der Waals surface area contributed by atoms with Gasteiger partial charge in [0, 0.05) is 13.2 Å². The third-order valence-corrected chi connectivity index (χ3v) is 1.28. The normalized spacial score (nSPS) is 18.3. The summed E-state index contributed by atoms with van der Waals surface area (Å²) in [7, 11) is 1.86. The summed E-state index contributed by atoms with van der Waals surface area (Å²) in [5.41, 5.74) is 0.803. The summed E-state index contributed by atoms with van der Waals surface area (Å²) in [4.78, 5) is 11.6. The molecular formula is C7H9ClN2O. The van der Waals surface area contributed by atoms with Gasteiger partial charge in [0.1, 0.15) is 0 Å². The molecule has 3 nitrogen and oxygen atoms in total. The first-order valence-electron chi connectivity index (χ1n) is 2.95. The van der Waals surface area contributed by atoms with E-state index in [4.69, 9.17) is 0 Å². The van der Waals surface area contributed by atoms with Crippen LogP contribution in [0.3, 0.4) is 0 Å². The van der Waals surface area contributed by atoms with Crippen molar-refractivity contribution in [1.29, 1.82) is 0 Å². The maximum Gasteiger partial charge on any atom is 0.0951 e. The van der Waals surface area contributed by atoms with Gasteiger partial charge in [-0.3, -0.25) is 0 Å². The Kier molecular flexibility index (Phi) is 4.22. The van der Waals surface area contributed by atoms with E-state index in [1.807, 2.05) is 36.4 Å². The number of nitrogens with zero attached hydrogens (tertiary/aromatic N) is 2. The number of hydrogen-bond acceptors (Lipinski definition) is 3. The van der Waals surface area contributed by atoms with E-state index in [0.717, 1.165) is 5.70 Å². The van der Waals surface area contributed by atoms with Gasteiger partial charge in [-0.05, 0) is 17.3 Å². The molecule has 1 aliphatic heterocycles. The molecule has 0 unspecified atom stereocenters. The SMILES string of the molecule is CN1C=CC=C/C1=C\N=O.Cl. The molecule has 4 heteroatoms. The maximum atomic E-state index is 9.81. The van der Waals surface area contributed by atoms with E-state index in [-0.39, 0.29) is 12.4 Å². The fourth-order valence-electron chi connectivity index (χ4n) is 0.725. The summed E-state index contributed by atoms with van der Waals surface area (Å²) >= 11 is 0. The molecule has 0 aliphatic carbocycles. The molecular weight excluding hydrogens is 164 g/mol. The standard InChI is InChI=1S/C7H8N2O.ClH/c1-9-5-3-2-4-7(9)6-8-10;/h2-6H,1H3;1H/b7-6+;. The quantitative estimate of drug-likeness (QED) is 0.567. The van der Waals surface area contributed by atoms with Crippen LogP contribution in [-0.2, 0) is 0 Å². The Morgan fingerprint density at radius 3 is 2.82 bits per heavy atom. The molecule has 0 aromatic carbocycles. The lowest BCUT2D eigenvalue weighted by Crippen LogP contribution is -2.09. The van der Waals surface area contributed by atoms with E-state index in [1.165, 1.54) is 6.20 Å². The van der Waals surface area contributed by atoms with Crippen LogP contribution < -0.4 is 0 Å².